The minimum Gasteiger partial charge on any atom is -0.441 e. The fourth-order valence-corrected chi connectivity index (χ4v) is 2.33. The molecule has 1 heterocycles. The number of aromatic nitrogens is 1. The molecule has 0 aliphatic heterocycles. The zero-order valence-corrected chi connectivity index (χ0v) is 11.8. The summed E-state index contributed by atoms with van der Waals surface area (Å²) >= 11 is 6.00. The van der Waals surface area contributed by atoms with Crippen LogP contribution in [-0.4, -0.2) is 17.6 Å². The van der Waals surface area contributed by atoms with Crippen molar-refractivity contribution in [1.82, 2.24) is 10.3 Å². The Morgan fingerprint density at radius 2 is 2.25 bits per heavy atom. The number of oxazole rings is 1. The Hall–Kier alpha value is -1.39. The third-order valence-corrected chi connectivity index (χ3v) is 3.64. The van der Waals surface area contributed by atoms with Crippen molar-refractivity contribution < 1.29 is 8.81 Å². The van der Waals surface area contributed by atoms with Crippen molar-refractivity contribution in [3.63, 3.8) is 0 Å². The highest BCUT2D eigenvalue weighted by Crippen LogP contribution is 2.29. The molecule has 1 aliphatic carbocycles. The SMILES string of the molecule is Fc1ccc(-c2cnc(CCCNC3CC3)o2)c(Cl)c1. The van der Waals surface area contributed by atoms with Crippen LogP contribution in [0, 0.1) is 5.82 Å². The van der Waals surface area contributed by atoms with E-state index in [0.29, 0.717) is 22.2 Å². The quantitative estimate of drug-likeness (QED) is 0.823. The number of aryl methyl sites for hydroxylation is 1. The van der Waals surface area contributed by atoms with Crippen molar-refractivity contribution in [1.29, 1.82) is 0 Å². The first-order chi connectivity index (χ1) is 9.72. The van der Waals surface area contributed by atoms with Crippen LogP contribution in [0.3, 0.4) is 0 Å². The number of rotatable bonds is 6. The van der Waals surface area contributed by atoms with Crippen molar-refractivity contribution >= 4 is 11.6 Å². The summed E-state index contributed by atoms with van der Waals surface area (Å²) < 4.78 is 18.7. The van der Waals surface area contributed by atoms with Gasteiger partial charge < -0.3 is 9.73 Å². The smallest absolute Gasteiger partial charge is 0.194 e. The normalized spacial score (nSPS) is 14.7. The van der Waals surface area contributed by atoms with E-state index in [0.717, 1.165) is 25.4 Å². The lowest BCUT2D eigenvalue weighted by Crippen LogP contribution is -2.17. The van der Waals surface area contributed by atoms with Crippen LogP contribution in [-0.2, 0) is 6.42 Å². The number of benzene rings is 1. The summed E-state index contributed by atoms with van der Waals surface area (Å²) in [5.74, 6) is 0.919. The van der Waals surface area contributed by atoms with Gasteiger partial charge in [0.25, 0.3) is 0 Å². The van der Waals surface area contributed by atoms with Gasteiger partial charge in [0.1, 0.15) is 5.82 Å². The van der Waals surface area contributed by atoms with Crippen molar-refractivity contribution in [3.05, 3.63) is 41.1 Å². The van der Waals surface area contributed by atoms with E-state index in [1.807, 2.05) is 0 Å². The van der Waals surface area contributed by atoms with E-state index >= 15 is 0 Å². The molecule has 1 saturated carbocycles. The van der Waals surface area contributed by atoms with Crippen molar-refractivity contribution in [3.8, 4) is 11.3 Å². The zero-order chi connectivity index (χ0) is 13.9. The van der Waals surface area contributed by atoms with E-state index in [9.17, 15) is 4.39 Å². The van der Waals surface area contributed by atoms with Gasteiger partial charge in [-0.2, -0.15) is 0 Å². The second-order valence-electron chi connectivity index (χ2n) is 5.07. The summed E-state index contributed by atoms with van der Waals surface area (Å²) in [6.45, 7) is 0.986. The molecule has 0 atom stereocenters. The predicted molar refractivity (Wildman–Crippen MR) is 76.3 cm³/mol. The number of nitrogens with one attached hydrogen (secondary N) is 1. The molecule has 1 fully saturated rings. The van der Waals surface area contributed by atoms with Gasteiger partial charge in [-0.1, -0.05) is 11.6 Å². The molecule has 106 valence electrons. The maximum Gasteiger partial charge on any atom is 0.194 e. The summed E-state index contributed by atoms with van der Waals surface area (Å²) in [6.07, 6.45) is 6.02. The van der Waals surface area contributed by atoms with E-state index in [2.05, 4.69) is 10.3 Å². The van der Waals surface area contributed by atoms with E-state index in [4.69, 9.17) is 16.0 Å². The first-order valence-corrected chi connectivity index (χ1v) is 7.23. The third-order valence-electron chi connectivity index (χ3n) is 3.33. The van der Waals surface area contributed by atoms with Gasteiger partial charge in [0.15, 0.2) is 11.7 Å². The van der Waals surface area contributed by atoms with Crippen molar-refractivity contribution in [2.75, 3.05) is 6.54 Å². The van der Waals surface area contributed by atoms with Gasteiger partial charge in [-0.3, -0.25) is 0 Å². The second-order valence-corrected chi connectivity index (χ2v) is 5.48. The lowest BCUT2D eigenvalue weighted by atomic mass is 10.2. The number of nitrogens with zero attached hydrogens (tertiary/aromatic N) is 1. The van der Waals surface area contributed by atoms with E-state index in [1.54, 1.807) is 12.3 Å². The molecule has 1 aromatic carbocycles. The van der Waals surface area contributed by atoms with Crippen LogP contribution >= 0.6 is 11.6 Å². The van der Waals surface area contributed by atoms with E-state index in [1.165, 1.54) is 25.0 Å². The van der Waals surface area contributed by atoms with Gasteiger partial charge >= 0.3 is 0 Å². The molecule has 3 nitrogen and oxygen atoms in total. The highest BCUT2D eigenvalue weighted by atomic mass is 35.5. The minimum atomic E-state index is -0.357. The van der Waals surface area contributed by atoms with Crippen LogP contribution in [0.25, 0.3) is 11.3 Å². The molecule has 1 aliphatic rings. The van der Waals surface area contributed by atoms with Crippen LogP contribution < -0.4 is 5.32 Å². The molecule has 0 unspecified atom stereocenters. The Bertz CT molecular complexity index is 595. The van der Waals surface area contributed by atoms with Crippen molar-refractivity contribution in [2.45, 2.75) is 31.7 Å². The fourth-order valence-electron chi connectivity index (χ4n) is 2.07. The molecule has 3 rings (SSSR count). The Morgan fingerprint density at radius 3 is 3.00 bits per heavy atom. The Labute approximate surface area is 122 Å². The van der Waals surface area contributed by atoms with Crippen LogP contribution in [0.4, 0.5) is 4.39 Å². The highest BCUT2D eigenvalue weighted by molar-refractivity contribution is 6.33. The molecule has 2 aromatic rings. The summed E-state index contributed by atoms with van der Waals surface area (Å²) in [6, 6.07) is 4.98. The molecule has 0 spiro atoms. The van der Waals surface area contributed by atoms with Gasteiger partial charge in [-0.15, -0.1) is 0 Å². The van der Waals surface area contributed by atoms with Gasteiger partial charge in [0.05, 0.1) is 11.2 Å². The minimum absolute atomic E-state index is 0.336. The molecule has 5 heteroatoms. The summed E-state index contributed by atoms with van der Waals surface area (Å²) in [7, 11) is 0. The van der Waals surface area contributed by atoms with Crippen LogP contribution in [0.1, 0.15) is 25.2 Å². The Morgan fingerprint density at radius 1 is 1.40 bits per heavy atom. The zero-order valence-electron chi connectivity index (χ0n) is 11.0. The largest absolute Gasteiger partial charge is 0.441 e. The number of hydrogen-bond donors (Lipinski definition) is 1. The Kier molecular flexibility index (Phi) is 4.03. The molecule has 0 radical (unpaired) electrons. The molecule has 0 amide bonds. The third kappa shape index (κ3) is 3.38. The Balaban J connectivity index is 1.60. The molecule has 1 aromatic heterocycles. The van der Waals surface area contributed by atoms with E-state index in [-0.39, 0.29) is 5.82 Å². The molecule has 1 N–H and O–H groups in total. The fraction of sp³-hybridized carbons (Fsp3) is 0.400. The van der Waals surface area contributed by atoms with Crippen molar-refractivity contribution in [2.24, 2.45) is 0 Å². The van der Waals surface area contributed by atoms with Gasteiger partial charge in [0.2, 0.25) is 0 Å². The monoisotopic (exact) mass is 294 g/mol. The maximum absolute atomic E-state index is 13.0. The lowest BCUT2D eigenvalue weighted by Gasteiger charge is -2.01. The molecule has 20 heavy (non-hydrogen) atoms. The number of halogens is 2. The average Bonchev–Trinajstić information content (AvgIpc) is 3.13. The lowest BCUT2D eigenvalue weighted by molar-refractivity contribution is 0.491. The molecular weight excluding hydrogens is 279 g/mol. The van der Waals surface area contributed by atoms with Gasteiger partial charge in [-0.05, 0) is 44.0 Å². The summed E-state index contributed by atoms with van der Waals surface area (Å²) in [4.78, 5) is 4.24. The summed E-state index contributed by atoms with van der Waals surface area (Å²) in [5.41, 5.74) is 0.669. The van der Waals surface area contributed by atoms with Gasteiger partial charge in [-0.25, -0.2) is 9.37 Å². The molecular formula is C15H16ClFN2O. The standard InChI is InChI=1S/C15H16ClFN2O/c16-13-8-10(17)3-6-12(13)14-9-19-15(20-14)2-1-7-18-11-4-5-11/h3,6,8-9,11,18H,1-2,4-5,7H2. The predicted octanol–water partition coefficient (Wildman–Crippen LogP) is 3.82. The average molecular weight is 295 g/mol. The van der Waals surface area contributed by atoms with Gasteiger partial charge in [0, 0.05) is 18.0 Å². The number of hydrogen-bond acceptors (Lipinski definition) is 3. The molecule has 0 saturated heterocycles. The first kappa shape index (κ1) is 13.6. The van der Waals surface area contributed by atoms with Crippen LogP contribution in [0.2, 0.25) is 5.02 Å². The highest BCUT2D eigenvalue weighted by Gasteiger charge is 2.19. The van der Waals surface area contributed by atoms with Crippen LogP contribution in [0.5, 0.6) is 0 Å². The molecule has 0 bridgehead atoms. The summed E-state index contributed by atoms with van der Waals surface area (Å²) in [5, 5.41) is 3.78. The van der Waals surface area contributed by atoms with E-state index < -0.39 is 0 Å². The topological polar surface area (TPSA) is 38.1 Å². The maximum atomic E-state index is 13.0. The second kappa shape index (κ2) is 5.94. The van der Waals surface area contributed by atoms with Crippen LogP contribution in [0.15, 0.2) is 28.8 Å². The first-order valence-electron chi connectivity index (χ1n) is 6.86.